The Hall–Kier alpha value is -1.00. The Balaban J connectivity index is 2.31. The van der Waals surface area contributed by atoms with Gasteiger partial charge in [-0.2, -0.15) is 0 Å². The predicted octanol–water partition coefficient (Wildman–Crippen LogP) is 2.91. The monoisotopic (exact) mass is 263 g/mol. The molecule has 1 aliphatic rings. The van der Waals surface area contributed by atoms with Gasteiger partial charge in [-0.05, 0) is 19.8 Å². The average molecular weight is 263 g/mol. The van der Waals surface area contributed by atoms with Crippen molar-refractivity contribution in [2.45, 2.75) is 65.6 Å². The highest BCUT2D eigenvalue weighted by Gasteiger charge is 2.22. The summed E-state index contributed by atoms with van der Waals surface area (Å²) in [6.45, 7) is 8.90. The summed E-state index contributed by atoms with van der Waals surface area (Å²) in [6.07, 6.45) is 4.29. The fraction of sp³-hybridized carbons (Fsp3) is 0.733. The van der Waals surface area contributed by atoms with Gasteiger partial charge >= 0.3 is 0 Å². The third-order valence-electron chi connectivity index (χ3n) is 3.48. The maximum atomic E-state index is 5.82. The molecule has 0 fully saturated rings. The molecule has 1 N–H and O–H groups in total. The first-order chi connectivity index (χ1) is 9.30. The zero-order valence-electron chi connectivity index (χ0n) is 12.3. The number of nitrogens with zero attached hydrogens (tertiary/aromatic N) is 2. The lowest BCUT2D eigenvalue weighted by atomic mass is 10.1. The van der Waals surface area contributed by atoms with Crippen LogP contribution in [-0.2, 0) is 24.2 Å². The molecule has 0 spiro atoms. The molecular weight excluding hydrogens is 238 g/mol. The Morgan fingerprint density at radius 3 is 2.68 bits per heavy atom. The van der Waals surface area contributed by atoms with Crippen LogP contribution < -0.4 is 5.32 Å². The van der Waals surface area contributed by atoms with Crippen molar-refractivity contribution < 1.29 is 4.74 Å². The van der Waals surface area contributed by atoms with Crippen LogP contribution in [0.1, 0.15) is 68.9 Å². The van der Waals surface area contributed by atoms with Crippen molar-refractivity contribution >= 4 is 0 Å². The highest BCUT2D eigenvalue weighted by atomic mass is 16.5. The van der Waals surface area contributed by atoms with Crippen molar-refractivity contribution in [3.8, 4) is 0 Å². The Morgan fingerprint density at radius 1 is 1.16 bits per heavy atom. The largest absolute Gasteiger partial charge is 0.371 e. The SMILES string of the molecule is CCCc1nc(C(CCC)OCC)nc2c1CNC2. The van der Waals surface area contributed by atoms with E-state index in [4.69, 9.17) is 14.7 Å². The molecule has 0 aliphatic carbocycles. The van der Waals surface area contributed by atoms with Crippen molar-refractivity contribution in [2.75, 3.05) is 6.61 Å². The van der Waals surface area contributed by atoms with Crippen molar-refractivity contribution in [1.29, 1.82) is 0 Å². The van der Waals surface area contributed by atoms with E-state index in [-0.39, 0.29) is 6.10 Å². The van der Waals surface area contributed by atoms with E-state index in [1.54, 1.807) is 0 Å². The summed E-state index contributed by atoms with van der Waals surface area (Å²) in [5.74, 6) is 0.884. The average Bonchev–Trinajstić information content (AvgIpc) is 2.87. The first-order valence-corrected chi connectivity index (χ1v) is 7.50. The first kappa shape index (κ1) is 14.4. The van der Waals surface area contributed by atoms with Gasteiger partial charge in [0.05, 0.1) is 5.69 Å². The highest BCUT2D eigenvalue weighted by molar-refractivity contribution is 5.29. The molecule has 1 aliphatic heterocycles. The number of hydrogen-bond donors (Lipinski definition) is 1. The van der Waals surface area contributed by atoms with Crippen molar-refractivity contribution in [3.63, 3.8) is 0 Å². The van der Waals surface area contributed by atoms with Crippen molar-refractivity contribution in [2.24, 2.45) is 0 Å². The number of nitrogens with one attached hydrogen (secondary N) is 1. The van der Waals surface area contributed by atoms with E-state index in [9.17, 15) is 0 Å². The van der Waals surface area contributed by atoms with Crippen LogP contribution in [0.15, 0.2) is 0 Å². The van der Waals surface area contributed by atoms with Crippen LogP contribution in [0.5, 0.6) is 0 Å². The number of fused-ring (bicyclic) bond motifs is 1. The lowest BCUT2D eigenvalue weighted by molar-refractivity contribution is 0.0490. The molecule has 4 nitrogen and oxygen atoms in total. The number of aryl methyl sites for hydroxylation is 1. The van der Waals surface area contributed by atoms with Gasteiger partial charge in [-0.1, -0.05) is 26.7 Å². The molecule has 2 rings (SSSR count). The first-order valence-electron chi connectivity index (χ1n) is 7.50. The van der Waals surface area contributed by atoms with Gasteiger partial charge in [0.25, 0.3) is 0 Å². The molecule has 106 valence electrons. The quantitative estimate of drug-likeness (QED) is 0.821. The van der Waals surface area contributed by atoms with Crippen LogP contribution in [0, 0.1) is 0 Å². The van der Waals surface area contributed by atoms with E-state index in [0.29, 0.717) is 6.61 Å². The van der Waals surface area contributed by atoms with E-state index in [0.717, 1.165) is 44.6 Å². The van der Waals surface area contributed by atoms with Crippen LogP contribution in [0.25, 0.3) is 0 Å². The molecule has 0 saturated carbocycles. The van der Waals surface area contributed by atoms with Gasteiger partial charge in [0.15, 0.2) is 5.82 Å². The zero-order chi connectivity index (χ0) is 13.7. The molecule has 0 saturated heterocycles. The van der Waals surface area contributed by atoms with E-state index >= 15 is 0 Å². The molecule has 0 aromatic carbocycles. The van der Waals surface area contributed by atoms with Gasteiger partial charge in [0.2, 0.25) is 0 Å². The number of hydrogen-bond acceptors (Lipinski definition) is 4. The second-order valence-corrected chi connectivity index (χ2v) is 5.04. The minimum atomic E-state index is 0.0523. The van der Waals surface area contributed by atoms with E-state index in [1.165, 1.54) is 17.0 Å². The Labute approximate surface area is 116 Å². The minimum Gasteiger partial charge on any atom is -0.371 e. The van der Waals surface area contributed by atoms with Crippen molar-refractivity contribution in [3.05, 3.63) is 22.8 Å². The third-order valence-corrected chi connectivity index (χ3v) is 3.48. The smallest absolute Gasteiger partial charge is 0.157 e. The standard InChI is InChI=1S/C15H25N3O/c1-4-7-12-11-9-16-10-13(11)18-15(17-12)14(8-5-2)19-6-3/h14,16H,4-10H2,1-3H3. The second kappa shape index (κ2) is 6.96. The maximum absolute atomic E-state index is 5.82. The fourth-order valence-corrected chi connectivity index (χ4v) is 2.60. The van der Waals surface area contributed by atoms with Crippen LogP contribution in [0.2, 0.25) is 0 Å². The molecule has 1 aromatic rings. The van der Waals surface area contributed by atoms with Crippen LogP contribution >= 0.6 is 0 Å². The molecule has 4 heteroatoms. The summed E-state index contributed by atoms with van der Waals surface area (Å²) in [7, 11) is 0. The lowest BCUT2D eigenvalue weighted by Gasteiger charge is -2.17. The van der Waals surface area contributed by atoms with Gasteiger partial charge in [-0.15, -0.1) is 0 Å². The summed E-state index contributed by atoms with van der Waals surface area (Å²) < 4.78 is 5.82. The van der Waals surface area contributed by atoms with Crippen LogP contribution in [0.4, 0.5) is 0 Å². The number of rotatable bonds is 7. The summed E-state index contributed by atoms with van der Waals surface area (Å²) in [6, 6.07) is 0. The second-order valence-electron chi connectivity index (χ2n) is 5.04. The number of aromatic nitrogens is 2. The molecule has 0 bridgehead atoms. The summed E-state index contributed by atoms with van der Waals surface area (Å²) >= 11 is 0. The predicted molar refractivity (Wildman–Crippen MR) is 75.8 cm³/mol. The molecule has 0 amide bonds. The van der Waals surface area contributed by atoms with Gasteiger partial charge < -0.3 is 10.1 Å². The van der Waals surface area contributed by atoms with Gasteiger partial charge in [0.1, 0.15) is 6.10 Å². The summed E-state index contributed by atoms with van der Waals surface area (Å²) in [5, 5.41) is 3.37. The highest BCUT2D eigenvalue weighted by Crippen LogP contribution is 2.24. The molecule has 2 heterocycles. The zero-order valence-corrected chi connectivity index (χ0v) is 12.3. The molecule has 1 unspecified atom stereocenters. The topological polar surface area (TPSA) is 47.0 Å². The lowest BCUT2D eigenvalue weighted by Crippen LogP contribution is -2.13. The van der Waals surface area contributed by atoms with E-state index in [2.05, 4.69) is 19.2 Å². The normalized spacial score (nSPS) is 15.5. The van der Waals surface area contributed by atoms with E-state index in [1.807, 2.05) is 6.92 Å². The maximum Gasteiger partial charge on any atom is 0.157 e. The van der Waals surface area contributed by atoms with Gasteiger partial charge in [-0.3, -0.25) is 0 Å². The molecule has 1 aromatic heterocycles. The van der Waals surface area contributed by atoms with E-state index < -0.39 is 0 Å². The minimum absolute atomic E-state index is 0.0523. The molecular formula is C15H25N3O. The fourth-order valence-electron chi connectivity index (χ4n) is 2.60. The summed E-state index contributed by atoms with van der Waals surface area (Å²) in [5.41, 5.74) is 3.71. The number of ether oxygens (including phenoxy) is 1. The Bertz CT molecular complexity index is 414. The van der Waals surface area contributed by atoms with Gasteiger partial charge in [0, 0.05) is 31.0 Å². The van der Waals surface area contributed by atoms with Crippen molar-refractivity contribution in [1.82, 2.24) is 15.3 Å². The summed E-state index contributed by atoms with van der Waals surface area (Å²) in [4.78, 5) is 9.53. The molecule has 19 heavy (non-hydrogen) atoms. The Morgan fingerprint density at radius 2 is 2.00 bits per heavy atom. The third kappa shape index (κ3) is 3.31. The van der Waals surface area contributed by atoms with Crippen LogP contribution in [-0.4, -0.2) is 16.6 Å². The molecule has 1 atom stereocenters. The Kier molecular flexibility index (Phi) is 5.28. The van der Waals surface area contributed by atoms with Crippen LogP contribution in [0.3, 0.4) is 0 Å². The van der Waals surface area contributed by atoms with Gasteiger partial charge in [-0.25, -0.2) is 9.97 Å². The molecule has 0 radical (unpaired) electrons.